The van der Waals surface area contributed by atoms with Crippen LogP contribution in [-0.4, -0.2) is 0 Å². The summed E-state index contributed by atoms with van der Waals surface area (Å²) in [6.45, 7) is 5.10. The van der Waals surface area contributed by atoms with E-state index in [1.54, 1.807) is 96.3 Å². The molecule has 4 bridgehead atoms. The van der Waals surface area contributed by atoms with Crippen LogP contribution in [0.4, 0.5) is 0 Å². The van der Waals surface area contributed by atoms with Crippen molar-refractivity contribution in [1.29, 1.82) is 0 Å². The highest BCUT2D eigenvalue weighted by Gasteiger charge is 2.55. The van der Waals surface area contributed by atoms with E-state index < -0.39 is 0 Å². The van der Waals surface area contributed by atoms with Crippen LogP contribution in [0.5, 0.6) is 0 Å². The van der Waals surface area contributed by atoms with E-state index in [-0.39, 0.29) is 0 Å². The minimum atomic E-state index is 0.836. The molecule has 0 spiro atoms. The molecule has 7 atom stereocenters. The average Bonchev–Trinajstić information content (AvgIpc) is 3.27. The highest BCUT2D eigenvalue weighted by molar-refractivity contribution is 5.05. The number of fused-ring (bicyclic) bond motifs is 1. The second-order valence-corrected chi connectivity index (χ2v) is 14.6. The Morgan fingerprint density at radius 1 is 0.656 bits per heavy atom. The maximum absolute atomic E-state index is 2.69. The van der Waals surface area contributed by atoms with Crippen molar-refractivity contribution in [2.75, 3.05) is 0 Å². The number of unbranched alkanes of at least 4 members (excludes halogenated alkanes) is 1. The van der Waals surface area contributed by atoms with E-state index in [9.17, 15) is 0 Å². The van der Waals surface area contributed by atoms with Crippen molar-refractivity contribution in [1.82, 2.24) is 0 Å². The summed E-state index contributed by atoms with van der Waals surface area (Å²) in [5, 5.41) is 0. The van der Waals surface area contributed by atoms with Gasteiger partial charge in [0.2, 0.25) is 0 Å². The van der Waals surface area contributed by atoms with Crippen molar-refractivity contribution in [3.63, 3.8) is 0 Å². The van der Waals surface area contributed by atoms with E-state index in [0.717, 1.165) is 64.6 Å². The zero-order valence-electron chi connectivity index (χ0n) is 21.7. The predicted octanol–water partition coefficient (Wildman–Crippen LogP) is 9.67. The summed E-state index contributed by atoms with van der Waals surface area (Å²) in [7, 11) is 0. The molecule has 0 amide bonds. The van der Waals surface area contributed by atoms with E-state index >= 15 is 0 Å². The summed E-state index contributed by atoms with van der Waals surface area (Å²) >= 11 is 0. The third kappa shape index (κ3) is 4.15. The first-order chi connectivity index (χ1) is 15.6. The lowest BCUT2D eigenvalue weighted by Gasteiger charge is -2.59. The molecular formula is C32H54. The lowest BCUT2D eigenvalue weighted by Crippen LogP contribution is -2.49. The number of hydrogen-bond donors (Lipinski definition) is 0. The highest BCUT2D eigenvalue weighted by atomic mass is 14.6. The predicted molar refractivity (Wildman–Crippen MR) is 136 cm³/mol. The van der Waals surface area contributed by atoms with Crippen LogP contribution in [-0.2, 0) is 0 Å². The molecule has 7 fully saturated rings. The Labute approximate surface area is 200 Å². The molecule has 0 nitrogen and oxygen atoms in total. The molecule has 0 saturated heterocycles. The fraction of sp³-hybridized carbons (Fsp3) is 1.00. The number of rotatable bonds is 7. The van der Waals surface area contributed by atoms with Crippen molar-refractivity contribution >= 4 is 0 Å². The van der Waals surface area contributed by atoms with E-state index in [1.165, 1.54) is 25.7 Å². The summed E-state index contributed by atoms with van der Waals surface area (Å²) in [6.07, 6.45) is 30.1. The third-order valence-corrected chi connectivity index (χ3v) is 12.9. The van der Waals surface area contributed by atoms with Gasteiger partial charge < -0.3 is 0 Å². The molecule has 0 heterocycles. The van der Waals surface area contributed by atoms with Crippen LogP contribution >= 0.6 is 0 Å². The van der Waals surface area contributed by atoms with Gasteiger partial charge in [-0.05, 0) is 142 Å². The SMILES string of the molecule is CCCCC1CC(CCC2CCC(C34CC5CC(CC(C5)C3)C4)C2)C(C)C2CCCCC12. The first kappa shape index (κ1) is 22.5. The Hall–Kier alpha value is 0. The van der Waals surface area contributed by atoms with E-state index in [4.69, 9.17) is 0 Å². The molecule has 0 heteroatoms. The normalized spacial score (nSPS) is 52.3. The van der Waals surface area contributed by atoms with Gasteiger partial charge in [0.15, 0.2) is 0 Å². The van der Waals surface area contributed by atoms with Gasteiger partial charge in [0.05, 0.1) is 0 Å². The van der Waals surface area contributed by atoms with Crippen LogP contribution < -0.4 is 0 Å². The second kappa shape index (κ2) is 9.22. The Balaban J connectivity index is 1.05. The molecule has 0 radical (unpaired) electrons. The minimum Gasteiger partial charge on any atom is -0.0654 e. The molecular weight excluding hydrogens is 384 g/mol. The van der Waals surface area contributed by atoms with Crippen molar-refractivity contribution in [3.05, 3.63) is 0 Å². The molecule has 0 aromatic rings. The Morgan fingerprint density at radius 3 is 2.03 bits per heavy atom. The van der Waals surface area contributed by atoms with Crippen LogP contribution in [0, 0.1) is 64.6 Å². The van der Waals surface area contributed by atoms with Crippen molar-refractivity contribution in [3.8, 4) is 0 Å². The highest BCUT2D eigenvalue weighted by Crippen LogP contribution is 2.65. The van der Waals surface area contributed by atoms with E-state index in [2.05, 4.69) is 13.8 Å². The largest absolute Gasteiger partial charge is 0.0654 e. The lowest BCUT2D eigenvalue weighted by atomic mass is 9.46. The fourth-order valence-electron chi connectivity index (χ4n) is 11.8. The quantitative estimate of drug-likeness (QED) is 0.371. The van der Waals surface area contributed by atoms with Crippen LogP contribution in [0.1, 0.15) is 136 Å². The molecule has 7 rings (SSSR count). The van der Waals surface area contributed by atoms with E-state index in [1.807, 2.05) is 0 Å². The summed E-state index contributed by atoms with van der Waals surface area (Å²) in [5.41, 5.74) is 0.836. The Morgan fingerprint density at radius 2 is 1.34 bits per heavy atom. The van der Waals surface area contributed by atoms with Crippen LogP contribution in [0.2, 0.25) is 0 Å². The molecule has 0 N–H and O–H groups in total. The van der Waals surface area contributed by atoms with Crippen LogP contribution in [0.15, 0.2) is 0 Å². The van der Waals surface area contributed by atoms with Gasteiger partial charge in [-0.25, -0.2) is 0 Å². The topological polar surface area (TPSA) is 0 Å². The average molecular weight is 439 g/mol. The Kier molecular flexibility index (Phi) is 6.47. The first-order valence-corrected chi connectivity index (χ1v) is 15.6. The maximum atomic E-state index is 2.69. The molecule has 7 unspecified atom stereocenters. The number of hydrogen-bond acceptors (Lipinski definition) is 0. The summed E-state index contributed by atoms with van der Waals surface area (Å²) in [5.74, 6) is 11.0. The van der Waals surface area contributed by atoms with Crippen molar-refractivity contribution in [2.45, 2.75) is 136 Å². The van der Waals surface area contributed by atoms with Gasteiger partial charge in [-0.1, -0.05) is 58.8 Å². The Bertz CT molecular complexity index is 597. The smallest absolute Gasteiger partial charge is 0.0261 e. The summed E-state index contributed by atoms with van der Waals surface area (Å²) in [6, 6.07) is 0. The van der Waals surface area contributed by atoms with Gasteiger partial charge in [-0.3, -0.25) is 0 Å². The van der Waals surface area contributed by atoms with Crippen molar-refractivity contribution < 1.29 is 0 Å². The molecule has 7 aliphatic rings. The monoisotopic (exact) mass is 438 g/mol. The minimum absolute atomic E-state index is 0.836. The lowest BCUT2D eigenvalue weighted by molar-refractivity contribution is -0.0866. The third-order valence-electron chi connectivity index (χ3n) is 12.9. The molecule has 32 heavy (non-hydrogen) atoms. The first-order valence-electron chi connectivity index (χ1n) is 15.6. The fourth-order valence-corrected chi connectivity index (χ4v) is 11.8. The second-order valence-electron chi connectivity index (χ2n) is 14.6. The molecule has 0 aromatic heterocycles. The molecule has 7 aliphatic carbocycles. The molecule has 0 aliphatic heterocycles. The maximum Gasteiger partial charge on any atom is -0.0261 e. The van der Waals surface area contributed by atoms with Crippen molar-refractivity contribution in [2.24, 2.45) is 64.6 Å². The molecule has 0 aromatic carbocycles. The van der Waals surface area contributed by atoms with Gasteiger partial charge >= 0.3 is 0 Å². The van der Waals surface area contributed by atoms with Crippen LogP contribution in [0.25, 0.3) is 0 Å². The molecule has 7 saturated carbocycles. The van der Waals surface area contributed by atoms with Gasteiger partial charge in [0, 0.05) is 0 Å². The zero-order chi connectivity index (χ0) is 21.7. The zero-order valence-corrected chi connectivity index (χ0v) is 21.7. The molecule has 182 valence electrons. The van der Waals surface area contributed by atoms with Gasteiger partial charge in [-0.15, -0.1) is 0 Å². The van der Waals surface area contributed by atoms with Gasteiger partial charge in [0.25, 0.3) is 0 Å². The standard InChI is InChI=1S/C32H54/c1-3-4-7-28-18-27(22(2)30-8-5-6-9-31(28)30)12-10-23-11-13-29(17-23)32-19-24-14-25(20-32)16-26(15-24)21-32/h22-31H,3-21H2,1-2H3. The van der Waals surface area contributed by atoms with Gasteiger partial charge in [-0.2, -0.15) is 0 Å². The summed E-state index contributed by atoms with van der Waals surface area (Å²) < 4.78 is 0. The van der Waals surface area contributed by atoms with Crippen LogP contribution in [0.3, 0.4) is 0 Å². The van der Waals surface area contributed by atoms with E-state index in [0.29, 0.717) is 0 Å². The summed E-state index contributed by atoms with van der Waals surface area (Å²) in [4.78, 5) is 0. The van der Waals surface area contributed by atoms with Gasteiger partial charge in [0.1, 0.15) is 0 Å².